The second-order valence-electron chi connectivity index (χ2n) is 5.27. The van der Waals surface area contributed by atoms with Gasteiger partial charge in [0, 0.05) is 25.7 Å². The molecule has 0 radical (unpaired) electrons. The predicted molar refractivity (Wildman–Crippen MR) is 68.3 cm³/mol. The second-order valence-corrected chi connectivity index (χ2v) is 5.27. The van der Waals surface area contributed by atoms with Gasteiger partial charge in [-0.3, -0.25) is 0 Å². The van der Waals surface area contributed by atoms with E-state index in [1.807, 2.05) is 0 Å². The zero-order valence-electron chi connectivity index (χ0n) is 10.3. The Labute approximate surface area is 105 Å². The van der Waals surface area contributed by atoms with Crippen molar-refractivity contribution in [2.45, 2.75) is 13.0 Å². The quantitative estimate of drug-likeness (QED) is 0.759. The highest BCUT2D eigenvalue weighted by Crippen LogP contribution is 2.36. The molecular weight excluding hydrogens is 228 g/mol. The van der Waals surface area contributed by atoms with Crippen molar-refractivity contribution in [2.75, 3.05) is 24.5 Å². The number of aromatic amines is 1. The van der Waals surface area contributed by atoms with Crippen LogP contribution in [0.25, 0.3) is 11.2 Å². The SMILES string of the molecule is CC1C2CNCC2CN1c1ncnc2nc[nH]c12. The van der Waals surface area contributed by atoms with E-state index in [1.165, 1.54) is 0 Å². The van der Waals surface area contributed by atoms with Gasteiger partial charge < -0.3 is 15.2 Å². The van der Waals surface area contributed by atoms with E-state index >= 15 is 0 Å². The fourth-order valence-electron chi connectivity index (χ4n) is 3.42. The normalized spacial score (nSPS) is 31.2. The van der Waals surface area contributed by atoms with E-state index < -0.39 is 0 Å². The van der Waals surface area contributed by atoms with Crippen LogP contribution in [-0.2, 0) is 0 Å². The van der Waals surface area contributed by atoms with Gasteiger partial charge in [-0.2, -0.15) is 0 Å². The predicted octanol–water partition coefficient (Wildman–Crippen LogP) is 0.397. The monoisotopic (exact) mass is 244 g/mol. The summed E-state index contributed by atoms with van der Waals surface area (Å²) >= 11 is 0. The summed E-state index contributed by atoms with van der Waals surface area (Å²) in [5, 5.41) is 3.48. The lowest BCUT2D eigenvalue weighted by atomic mass is 9.95. The van der Waals surface area contributed by atoms with Crippen LogP contribution in [0.15, 0.2) is 12.7 Å². The average molecular weight is 244 g/mol. The van der Waals surface area contributed by atoms with Crippen LogP contribution >= 0.6 is 0 Å². The van der Waals surface area contributed by atoms with Gasteiger partial charge in [0.2, 0.25) is 0 Å². The molecule has 6 heteroatoms. The number of imidazole rings is 1. The van der Waals surface area contributed by atoms with E-state index in [0.29, 0.717) is 6.04 Å². The Kier molecular flexibility index (Phi) is 2.08. The highest BCUT2D eigenvalue weighted by atomic mass is 15.3. The molecule has 0 saturated carbocycles. The highest BCUT2D eigenvalue weighted by Gasteiger charge is 2.42. The van der Waals surface area contributed by atoms with Gasteiger partial charge in [-0.25, -0.2) is 15.0 Å². The van der Waals surface area contributed by atoms with Gasteiger partial charge in [-0.05, 0) is 18.8 Å². The Balaban J connectivity index is 1.77. The molecule has 2 fully saturated rings. The maximum Gasteiger partial charge on any atom is 0.182 e. The number of H-pyrrole nitrogens is 1. The minimum absolute atomic E-state index is 0.520. The standard InChI is InChI=1S/C12H16N6/c1-7-9-3-13-2-8(9)4-18(7)12-10-11(15-5-14-10)16-6-17-12/h5-9,13H,2-4H2,1H3,(H,14,15,16,17). The Hall–Kier alpha value is -1.69. The summed E-state index contributed by atoms with van der Waals surface area (Å²) in [4.78, 5) is 18.4. The van der Waals surface area contributed by atoms with Crippen molar-refractivity contribution in [3.63, 3.8) is 0 Å². The van der Waals surface area contributed by atoms with E-state index in [2.05, 4.69) is 37.1 Å². The fourth-order valence-corrected chi connectivity index (χ4v) is 3.42. The van der Waals surface area contributed by atoms with E-state index in [1.54, 1.807) is 12.7 Å². The highest BCUT2D eigenvalue weighted by molar-refractivity contribution is 5.83. The first-order chi connectivity index (χ1) is 8.84. The molecule has 2 aromatic heterocycles. The molecule has 3 atom stereocenters. The molecule has 0 bridgehead atoms. The van der Waals surface area contributed by atoms with Crippen LogP contribution in [0.1, 0.15) is 6.92 Å². The van der Waals surface area contributed by atoms with E-state index in [4.69, 9.17) is 0 Å². The summed E-state index contributed by atoms with van der Waals surface area (Å²) in [6.45, 7) is 5.62. The molecule has 2 aromatic rings. The van der Waals surface area contributed by atoms with Crippen LogP contribution < -0.4 is 10.2 Å². The first kappa shape index (κ1) is 10.3. The van der Waals surface area contributed by atoms with E-state index in [0.717, 1.165) is 48.5 Å². The summed E-state index contributed by atoms with van der Waals surface area (Å²) in [6, 6.07) is 0.520. The minimum atomic E-state index is 0.520. The Morgan fingerprint density at radius 1 is 1.28 bits per heavy atom. The van der Waals surface area contributed by atoms with Gasteiger partial charge in [-0.15, -0.1) is 0 Å². The number of nitrogens with one attached hydrogen (secondary N) is 2. The molecular formula is C12H16N6. The Bertz CT molecular complexity index is 579. The summed E-state index contributed by atoms with van der Waals surface area (Å²) in [6.07, 6.45) is 3.30. The van der Waals surface area contributed by atoms with Crippen molar-refractivity contribution >= 4 is 17.0 Å². The molecule has 0 spiro atoms. The minimum Gasteiger partial charge on any atom is -0.351 e. The van der Waals surface area contributed by atoms with Gasteiger partial charge in [0.05, 0.1) is 6.33 Å². The molecule has 18 heavy (non-hydrogen) atoms. The van der Waals surface area contributed by atoms with Crippen LogP contribution in [-0.4, -0.2) is 45.6 Å². The van der Waals surface area contributed by atoms with Gasteiger partial charge in [-0.1, -0.05) is 0 Å². The van der Waals surface area contributed by atoms with Crippen molar-refractivity contribution in [3.8, 4) is 0 Å². The van der Waals surface area contributed by atoms with Crippen LogP contribution in [0.4, 0.5) is 5.82 Å². The topological polar surface area (TPSA) is 69.7 Å². The third-order valence-electron chi connectivity index (χ3n) is 4.41. The second kappa shape index (κ2) is 3.65. The van der Waals surface area contributed by atoms with Crippen molar-refractivity contribution < 1.29 is 0 Å². The molecule has 4 heterocycles. The molecule has 6 nitrogen and oxygen atoms in total. The largest absolute Gasteiger partial charge is 0.351 e. The van der Waals surface area contributed by atoms with Crippen LogP contribution in [0.5, 0.6) is 0 Å². The summed E-state index contributed by atoms with van der Waals surface area (Å²) in [5.74, 6) is 2.48. The number of anilines is 1. The third kappa shape index (κ3) is 1.29. The lowest BCUT2D eigenvalue weighted by Gasteiger charge is -2.25. The molecule has 4 rings (SSSR count). The fraction of sp³-hybridized carbons (Fsp3) is 0.583. The van der Waals surface area contributed by atoms with E-state index in [9.17, 15) is 0 Å². The number of hydrogen-bond acceptors (Lipinski definition) is 5. The molecule has 94 valence electrons. The van der Waals surface area contributed by atoms with Gasteiger partial charge in [0.25, 0.3) is 0 Å². The zero-order valence-corrected chi connectivity index (χ0v) is 10.3. The molecule has 2 N–H and O–H groups in total. The molecule has 3 unspecified atom stereocenters. The van der Waals surface area contributed by atoms with Crippen molar-refractivity contribution in [3.05, 3.63) is 12.7 Å². The summed E-state index contributed by atoms with van der Waals surface area (Å²) in [7, 11) is 0. The maximum absolute atomic E-state index is 4.46. The lowest BCUT2D eigenvalue weighted by Crippen LogP contribution is -2.33. The smallest absolute Gasteiger partial charge is 0.182 e. The zero-order chi connectivity index (χ0) is 12.1. The van der Waals surface area contributed by atoms with Gasteiger partial charge in [0.1, 0.15) is 11.8 Å². The molecule has 2 saturated heterocycles. The van der Waals surface area contributed by atoms with Gasteiger partial charge in [0.15, 0.2) is 11.5 Å². The summed E-state index contributed by atoms with van der Waals surface area (Å²) in [5.41, 5.74) is 1.71. The molecule has 2 aliphatic heterocycles. The maximum atomic E-state index is 4.46. The average Bonchev–Trinajstić information content (AvgIpc) is 3.06. The Morgan fingerprint density at radius 2 is 2.22 bits per heavy atom. The first-order valence-corrected chi connectivity index (χ1v) is 6.46. The van der Waals surface area contributed by atoms with Crippen molar-refractivity contribution in [1.82, 2.24) is 25.3 Å². The van der Waals surface area contributed by atoms with E-state index in [-0.39, 0.29) is 0 Å². The number of nitrogens with zero attached hydrogens (tertiary/aromatic N) is 4. The Morgan fingerprint density at radius 3 is 3.11 bits per heavy atom. The van der Waals surface area contributed by atoms with Crippen LogP contribution in [0, 0.1) is 11.8 Å². The van der Waals surface area contributed by atoms with Crippen LogP contribution in [0.2, 0.25) is 0 Å². The number of fused-ring (bicyclic) bond motifs is 2. The molecule has 2 aliphatic rings. The van der Waals surface area contributed by atoms with Crippen molar-refractivity contribution in [2.24, 2.45) is 11.8 Å². The van der Waals surface area contributed by atoms with Gasteiger partial charge >= 0.3 is 0 Å². The summed E-state index contributed by atoms with van der Waals surface area (Å²) < 4.78 is 0. The van der Waals surface area contributed by atoms with Crippen LogP contribution in [0.3, 0.4) is 0 Å². The molecule has 0 amide bonds. The number of aromatic nitrogens is 4. The molecule has 0 aromatic carbocycles. The number of hydrogen-bond donors (Lipinski definition) is 2. The molecule has 0 aliphatic carbocycles. The van der Waals surface area contributed by atoms with Crippen molar-refractivity contribution in [1.29, 1.82) is 0 Å². The number of rotatable bonds is 1. The third-order valence-corrected chi connectivity index (χ3v) is 4.41. The lowest BCUT2D eigenvalue weighted by molar-refractivity contribution is 0.471. The first-order valence-electron chi connectivity index (χ1n) is 6.46.